The number of rotatable bonds is 2. The van der Waals surface area contributed by atoms with E-state index in [2.05, 4.69) is 15.9 Å². The first-order valence-electron chi connectivity index (χ1n) is 5.69. The number of nitrogens with one attached hydrogen (secondary N) is 1. The van der Waals surface area contributed by atoms with Gasteiger partial charge in [-0.1, -0.05) is 0 Å². The number of amidine groups is 1. The highest BCUT2D eigenvalue weighted by Crippen LogP contribution is 2.30. The van der Waals surface area contributed by atoms with Crippen molar-refractivity contribution in [3.63, 3.8) is 0 Å². The molecule has 1 aliphatic heterocycles. The Balaban J connectivity index is 2.34. The molecule has 1 aromatic rings. The van der Waals surface area contributed by atoms with Crippen molar-refractivity contribution in [3.05, 3.63) is 28.0 Å². The van der Waals surface area contributed by atoms with Gasteiger partial charge in [-0.05, 0) is 35.0 Å². The fraction of sp³-hybridized carbons (Fsp3) is 0.417. The maximum Gasteiger partial charge on any atom is 0.161 e. The Hall–Kier alpha value is -1.14. The fourth-order valence-electron chi connectivity index (χ4n) is 2.03. The molecule has 1 aromatic carbocycles. The van der Waals surface area contributed by atoms with Crippen LogP contribution < -0.4 is 10.6 Å². The van der Waals surface area contributed by atoms with Crippen molar-refractivity contribution in [2.75, 3.05) is 24.6 Å². The fourth-order valence-corrected chi connectivity index (χ4v) is 2.58. The molecule has 0 saturated carbocycles. The largest absolute Gasteiger partial charge is 0.384 e. The van der Waals surface area contributed by atoms with Crippen LogP contribution in [0.25, 0.3) is 0 Å². The summed E-state index contributed by atoms with van der Waals surface area (Å²) in [7, 11) is 0. The van der Waals surface area contributed by atoms with Crippen LogP contribution in [-0.2, 0) is 4.74 Å². The van der Waals surface area contributed by atoms with Crippen molar-refractivity contribution in [1.82, 2.24) is 0 Å². The van der Waals surface area contributed by atoms with E-state index in [1.165, 1.54) is 0 Å². The number of halogens is 2. The van der Waals surface area contributed by atoms with Gasteiger partial charge in [0.2, 0.25) is 0 Å². The molecule has 1 unspecified atom stereocenters. The maximum atomic E-state index is 14.3. The first kappa shape index (κ1) is 13.3. The quantitative estimate of drug-likeness (QED) is 0.649. The van der Waals surface area contributed by atoms with Gasteiger partial charge in [0.05, 0.1) is 22.9 Å². The van der Waals surface area contributed by atoms with Crippen LogP contribution in [0, 0.1) is 11.2 Å². The molecule has 0 spiro atoms. The second kappa shape index (κ2) is 5.24. The Labute approximate surface area is 114 Å². The molecule has 4 nitrogen and oxygen atoms in total. The van der Waals surface area contributed by atoms with Crippen LogP contribution in [0.3, 0.4) is 0 Å². The van der Waals surface area contributed by atoms with E-state index in [1.54, 1.807) is 12.1 Å². The van der Waals surface area contributed by atoms with Crippen molar-refractivity contribution < 1.29 is 9.13 Å². The highest BCUT2D eigenvalue weighted by Gasteiger charge is 2.22. The maximum absolute atomic E-state index is 14.3. The van der Waals surface area contributed by atoms with Crippen LogP contribution in [-0.4, -0.2) is 31.6 Å². The van der Waals surface area contributed by atoms with E-state index in [4.69, 9.17) is 15.9 Å². The van der Waals surface area contributed by atoms with Crippen molar-refractivity contribution in [2.45, 2.75) is 13.0 Å². The molecule has 1 heterocycles. The smallest absolute Gasteiger partial charge is 0.161 e. The second-order valence-electron chi connectivity index (χ2n) is 4.30. The summed E-state index contributed by atoms with van der Waals surface area (Å²) in [5, 5.41) is 7.37. The highest BCUT2D eigenvalue weighted by molar-refractivity contribution is 9.10. The molecule has 2 rings (SSSR count). The zero-order valence-electron chi connectivity index (χ0n) is 10.0. The monoisotopic (exact) mass is 315 g/mol. The van der Waals surface area contributed by atoms with Crippen molar-refractivity contribution in [2.24, 2.45) is 5.73 Å². The molecule has 3 N–H and O–H groups in total. The summed E-state index contributed by atoms with van der Waals surface area (Å²) < 4.78 is 19.9. The molecular weight excluding hydrogens is 301 g/mol. The zero-order valence-corrected chi connectivity index (χ0v) is 11.6. The van der Waals surface area contributed by atoms with E-state index < -0.39 is 0 Å². The number of nitrogens with zero attached hydrogens (tertiary/aromatic N) is 1. The number of nitrogens with two attached hydrogens (primary N) is 1. The summed E-state index contributed by atoms with van der Waals surface area (Å²) in [4.78, 5) is 1.94. The lowest BCUT2D eigenvalue weighted by molar-refractivity contribution is 0.0530. The lowest BCUT2D eigenvalue weighted by Crippen LogP contribution is -2.41. The van der Waals surface area contributed by atoms with Gasteiger partial charge in [0.15, 0.2) is 5.82 Å². The van der Waals surface area contributed by atoms with Gasteiger partial charge in [0, 0.05) is 18.7 Å². The predicted molar refractivity (Wildman–Crippen MR) is 72.7 cm³/mol. The normalized spacial score (nSPS) is 19.9. The van der Waals surface area contributed by atoms with Gasteiger partial charge in [0.25, 0.3) is 0 Å². The van der Waals surface area contributed by atoms with E-state index >= 15 is 0 Å². The van der Waals surface area contributed by atoms with Gasteiger partial charge in [-0.15, -0.1) is 0 Å². The van der Waals surface area contributed by atoms with Crippen molar-refractivity contribution >= 4 is 27.5 Å². The number of morpholine rings is 1. The molecule has 98 valence electrons. The minimum atomic E-state index is -0.378. The van der Waals surface area contributed by atoms with Gasteiger partial charge in [-0.3, -0.25) is 5.41 Å². The number of benzene rings is 1. The lowest BCUT2D eigenvalue weighted by Gasteiger charge is -2.33. The predicted octanol–water partition coefficient (Wildman–Crippen LogP) is 2.10. The summed E-state index contributed by atoms with van der Waals surface area (Å²) in [5.41, 5.74) is 6.28. The molecule has 1 atom stereocenters. The number of anilines is 1. The molecule has 1 saturated heterocycles. The van der Waals surface area contributed by atoms with E-state index in [0.29, 0.717) is 30.9 Å². The first-order chi connectivity index (χ1) is 8.50. The van der Waals surface area contributed by atoms with Crippen LogP contribution in [0.4, 0.5) is 10.1 Å². The van der Waals surface area contributed by atoms with Gasteiger partial charge >= 0.3 is 0 Å². The van der Waals surface area contributed by atoms with Gasteiger partial charge in [-0.2, -0.15) is 0 Å². The minimum Gasteiger partial charge on any atom is -0.384 e. The number of hydrogen-bond donors (Lipinski definition) is 2. The molecule has 0 amide bonds. The Kier molecular flexibility index (Phi) is 3.87. The third-order valence-electron chi connectivity index (χ3n) is 2.93. The van der Waals surface area contributed by atoms with Crippen LogP contribution in [0.5, 0.6) is 0 Å². The summed E-state index contributed by atoms with van der Waals surface area (Å²) in [6, 6.07) is 3.32. The number of hydrogen-bond acceptors (Lipinski definition) is 3. The molecular formula is C12H15BrFN3O. The number of nitrogen functional groups attached to an aromatic ring is 1. The summed E-state index contributed by atoms with van der Waals surface area (Å²) in [6.07, 6.45) is 0.0874. The van der Waals surface area contributed by atoms with Crippen LogP contribution in [0.15, 0.2) is 16.6 Å². The average molecular weight is 316 g/mol. The minimum absolute atomic E-state index is 0.0874. The van der Waals surface area contributed by atoms with Gasteiger partial charge < -0.3 is 15.4 Å². The topological polar surface area (TPSA) is 62.3 Å². The SMILES string of the molecule is CC1CN(c2ccc(C(=N)N)c(Br)c2F)CCO1. The molecule has 0 aliphatic carbocycles. The molecule has 0 bridgehead atoms. The molecule has 1 aliphatic rings. The van der Waals surface area contributed by atoms with Gasteiger partial charge in [0.1, 0.15) is 5.84 Å². The molecule has 6 heteroatoms. The summed E-state index contributed by atoms with van der Waals surface area (Å²) in [5.74, 6) is -0.528. The molecule has 0 radical (unpaired) electrons. The number of ether oxygens (including phenoxy) is 1. The van der Waals surface area contributed by atoms with E-state index in [9.17, 15) is 4.39 Å². The van der Waals surface area contributed by atoms with E-state index in [1.807, 2.05) is 11.8 Å². The summed E-state index contributed by atoms with van der Waals surface area (Å²) in [6.45, 7) is 3.87. The Morgan fingerprint density at radius 2 is 2.33 bits per heavy atom. The third-order valence-corrected chi connectivity index (χ3v) is 3.71. The first-order valence-corrected chi connectivity index (χ1v) is 6.49. The highest BCUT2D eigenvalue weighted by atomic mass is 79.9. The summed E-state index contributed by atoms with van der Waals surface area (Å²) >= 11 is 3.16. The van der Waals surface area contributed by atoms with E-state index in [-0.39, 0.29) is 22.2 Å². The molecule has 1 fully saturated rings. The van der Waals surface area contributed by atoms with Crippen molar-refractivity contribution in [3.8, 4) is 0 Å². The van der Waals surface area contributed by atoms with Crippen molar-refractivity contribution in [1.29, 1.82) is 5.41 Å². The second-order valence-corrected chi connectivity index (χ2v) is 5.09. The molecule has 0 aromatic heterocycles. The zero-order chi connectivity index (χ0) is 13.3. The Morgan fingerprint density at radius 3 is 2.94 bits per heavy atom. The van der Waals surface area contributed by atoms with E-state index in [0.717, 1.165) is 0 Å². The van der Waals surface area contributed by atoms with Gasteiger partial charge in [-0.25, -0.2) is 4.39 Å². The van der Waals surface area contributed by atoms with Crippen LogP contribution in [0.2, 0.25) is 0 Å². The average Bonchev–Trinajstić information content (AvgIpc) is 2.32. The van der Waals surface area contributed by atoms with Crippen LogP contribution >= 0.6 is 15.9 Å². The lowest BCUT2D eigenvalue weighted by atomic mass is 10.1. The molecule has 18 heavy (non-hydrogen) atoms. The third kappa shape index (κ3) is 2.49. The standard InChI is InChI=1S/C12H15BrFN3O/c1-7-6-17(4-5-18-7)9-3-2-8(12(15)16)10(13)11(9)14/h2-3,7H,4-6H2,1H3,(H3,15,16). The van der Waals surface area contributed by atoms with Crippen LogP contribution in [0.1, 0.15) is 12.5 Å². The Bertz CT molecular complexity index is 481. The Morgan fingerprint density at radius 1 is 1.61 bits per heavy atom.